The highest BCUT2D eigenvalue weighted by atomic mass is 32.1. The number of carbonyl (C=O) groups is 1. The lowest BCUT2D eigenvalue weighted by atomic mass is 10.0. The lowest BCUT2D eigenvalue weighted by molar-refractivity contribution is 0.0958. The van der Waals surface area contributed by atoms with Gasteiger partial charge in [0.05, 0.1) is 7.11 Å². The van der Waals surface area contributed by atoms with Gasteiger partial charge in [-0.3, -0.25) is 9.69 Å². The monoisotopic (exact) mass is 406 g/mol. The first kappa shape index (κ1) is 19.7. The predicted octanol–water partition coefficient (Wildman–Crippen LogP) is 5.07. The van der Waals surface area contributed by atoms with Gasteiger partial charge in [-0.25, -0.2) is 0 Å². The number of ether oxygens (including phenoxy) is 1. The van der Waals surface area contributed by atoms with Crippen LogP contribution >= 0.6 is 11.3 Å². The van der Waals surface area contributed by atoms with Gasteiger partial charge >= 0.3 is 0 Å². The summed E-state index contributed by atoms with van der Waals surface area (Å²) in [6.07, 6.45) is 1.95. The first-order valence-electron chi connectivity index (χ1n) is 10.0. The number of methoxy groups -OCH3 is 1. The lowest BCUT2D eigenvalue weighted by Crippen LogP contribution is -2.47. The molecule has 2 heterocycles. The second-order valence-corrected chi connectivity index (χ2v) is 8.16. The lowest BCUT2D eigenvalue weighted by Gasteiger charge is -2.38. The summed E-state index contributed by atoms with van der Waals surface area (Å²) in [5, 5.41) is 4.35. The number of nitrogens with zero attached hydrogens (tertiary/aromatic N) is 2. The smallest absolute Gasteiger partial charge is 0.258 e. The summed E-state index contributed by atoms with van der Waals surface area (Å²) in [5.74, 6) is 0.810. The minimum Gasteiger partial charge on any atom is -0.497 e. The first-order chi connectivity index (χ1) is 14.2. The van der Waals surface area contributed by atoms with Crippen molar-refractivity contribution in [3.05, 3.63) is 82.6 Å². The molecule has 1 aliphatic heterocycles. The van der Waals surface area contributed by atoms with Crippen molar-refractivity contribution < 1.29 is 9.53 Å². The Labute approximate surface area is 176 Å². The van der Waals surface area contributed by atoms with E-state index < -0.39 is 0 Å². The van der Waals surface area contributed by atoms with Crippen LogP contribution in [0.2, 0.25) is 0 Å². The van der Waals surface area contributed by atoms with Crippen LogP contribution in [0, 0.1) is 0 Å². The van der Waals surface area contributed by atoms with Crippen molar-refractivity contribution in [2.24, 2.45) is 0 Å². The third-order valence-electron chi connectivity index (χ3n) is 5.50. The van der Waals surface area contributed by atoms with Crippen molar-refractivity contribution in [3.63, 3.8) is 0 Å². The fraction of sp³-hybridized carbons (Fsp3) is 0.292. The summed E-state index contributed by atoms with van der Waals surface area (Å²) in [4.78, 5) is 17.9. The van der Waals surface area contributed by atoms with E-state index in [2.05, 4.69) is 21.7 Å². The van der Waals surface area contributed by atoms with Crippen LogP contribution in [0.3, 0.4) is 0 Å². The molecular formula is C24H26N2O2S. The highest BCUT2D eigenvalue weighted by Crippen LogP contribution is 2.27. The number of hydrogen-bond donors (Lipinski definition) is 0. The second-order valence-electron chi connectivity index (χ2n) is 7.38. The van der Waals surface area contributed by atoms with Gasteiger partial charge in [0, 0.05) is 36.9 Å². The summed E-state index contributed by atoms with van der Waals surface area (Å²) in [6.45, 7) is 2.99. The van der Waals surface area contributed by atoms with E-state index in [9.17, 15) is 4.79 Å². The van der Waals surface area contributed by atoms with Crippen molar-refractivity contribution in [3.8, 4) is 5.75 Å². The molecular weight excluding hydrogens is 380 g/mol. The van der Waals surface area contributed by atoms with Crippen LogP contribution in [-0.2, 0) is 6.54 Å². The molecule has 0 spiro atoms. The Kier molecular flexibility index (Phi) is 6.27. The minimum atomic E-state index is 0.0511. The maximum absolute atomic E-state index is 13.5. The van der Waals surface area contributed by atoms with Gasteiger partial charge in [-0.05, 0) is 71.6 Å². The Hall–Kier alpha value is -2.63. The van der Waals surface area contributed by atoms with Crippen molar-refractivity contribution >= 4 is 22.9 Å². The average Bonchev–Trinajstić information content (AvgIpc) is 3.29. The molecule has 1 saturated heterocycles. The van der Waals surface area contributed by atoms with Crippen LogP contribution in [-0.4, -0.2) is 37.0 Å². The first-order valence-corrected chi connectivity index (χ1v) is 10.9. The second kappa shape index (κ2) is 9.25. The highest BCUT2D eigenvalue weighted by molar-refractivity contribution is 7.07. The minimum absolute atomic E-state index is 0.0511. The zero-order chi connectivity index (χ0) is 20.1. The predicted molar refractivity (Wildman–Crippen MR) is 119 cm³/mol. The van der Waals surface area contributed by atoms with Crippen LogP contribution < -0.4 is 9.64 Å². The molecule has 2 aromatic carbocycles. The number of para-hydroxylation sites is 1. The van der Waals surface area contributed by atoms with Gasteiger partial charge in [-0.1, -0.05) is 18.2 Å². The number of anilines is 1. The van der Waals surface area contributed by atoms with Gasteiger partial charge < -0.3 is 9.64 Å². The molecule has 0 N–H and O–H groups in total. The Morgan fingerprint density at radius 1 is 1.07 bits per heavy atom. The van der Waals surface area contributed by atoms with E-state index in [4.69, 9.17) is 4.74 Å². The van der Waals surface area contributed by atoms with Gasteiger partial charge in [-0.2, -0.15) is 11.3 Å². The zero-order valence-electron chi connectivity index (χ0n) is 16.7. The molecule has 150 valence electrons. The molecule has 0 bridgehead atoms. The Morgan fingerprint density at radius 3 is 2.41 bits per heavy atom. The van der Waals surface area contributed by atoms with E-state index >= 15 is 0 Å². The maximum Gasteiger partial charge on any atom is 0.258 e. The summed E-state index contributed by atoms with van der Waals surface area (Å²) in [5.41, 5.74) is 3.03. The van der Waals surface area contributed by atoms with Crippen molar-refractivity contribution in [1.29, 1.82) is 0 Å². The average molecular weight is 407 g/mol. The Balaban J connectivity index is 1.51. The van der Waals surface area contributed by atoms with E-state index in [-0.39, 0.29) is 11.9 Å². The molecule has 0 unspecified atom stereocenters. The van der Waals surface area contributed by atoms with Crippen LogP contribution in [0.25, 0.3) is 0 Å². The molecule has 1 fully saturated rings. The highest BCUT2D eigenvalue weighted by Gasteiger charge is 2.29. The summed E-state index contributed by atoms with van der Waals surface area (Å²) < 4.78 is 5.24. The standard InChI is InChI=1S/C24H26N2O2S/c1-28-23-9-7-20(8-10-23)24(27)26(21-5-3-2-4-6-21)22-11-14-25(15-12-22)17-19-13-16-29-18-19/h2-10,13,16,18,22H,11-12,14-15,17H2,1H3. The third-order valence-corrected chi connectivity index (χ3v) is 6.23. The number of benzene rings is 2. The summed E-state index contributed by atoms with van der Waals surface area (Å²) in [6, 6.07) is 19.8. The molecule has 29 heavy (non-hydrogen) atoms. The maximum atomic E-state index is 13.5. The molecule has 3 aromatic rings. The fourth-order valence-corrected chi connectivity index (χ4v) is 4.59. The number of likely N-dealkylation sites (tertiary alicyclic amines) is 1. The van der Waals surface area contributed by atoms with E-state index in [1.54, 1.807) is 18.4 Å². The van der Waals surface area contributed by atoms with Gasteiger partial charge in [0.1, 0.15) is 5.75 Å². The van der Waals surface area contributed by atoms with Crippen LogP contribution in [0.1, 0.15) is 28.8 Å². The van der Waals surface area contributed by atoms with Crippen molar-refractivity contribution in [1.82, 2.24) is 4.90 Å². The molecule has 4 rings (SSSR count). The number of carbonyl (C=O) groups excluding carboxylic acids is 1. The van der Waals surface area contributed by atoms with E-state index in [1.165, 1.54) is 5.56 Å². The van der Waals surface area contributed by atoms with Crippen LogP contribution in [0.5, 0.6) is 5.75 Å². The molecule has 0 radical (unpaired) electrons. The number of rotatable bonds is 6. The van der Waals surface area contributed by atoms with Crippen LogP contribution in [0.4, 0.5) is 5.69 Å². The largest absolute Gasteiger partial charge is 0.497 e. The SMILES string of the molecule is COc1ccc(C(=O)N(c2ccccc2)C2CCN(Cc3ccsc3)CC2)cc1. The Morgan fingerprint density at radius 2 is 1.79 bits per heavy atom. The third kappa shape index (κ3) is 4.69. The summed E-state index contributed by atoms with van der Waals surface area (Å²) in [7, 11) is 1.64. The van der Waals surface area contributed by atoms with Crippen molar-refractivity contribution in [2.45, 2.75) is 25.4 Å². The summed E-state index contributed by atoms with van der Waals surface area (Å²) >= 11 is 1.75. The normalized spacial score (nSPS) is 15.2. The molecule has 1 aliphatic rings. The molecule has 1 aromatic heterocycles. The fourth-order valence-electron chi connectivity index (χ4n) is 3.93. The van der Waals surface area contributed by atoms with Gasteiger partial charge in [0.25, 0.3) is 5.91 Å². The van der Waals surface area contributed by atoms with Gasteiger partial charge in [-0.15, -0.1) is 0 Å². The zero-order valence-corrected chi connectivity index (χ0v) is 17.5. The van der Waals surface area contributed by atoms with Gasteiger partial charge in [0.2, 0.25) is 0 Å². The number of piperidine rings is 1. The quantitative estimate of drug-likeness (QED) is 0.573. The van der Waals surface area contributed by atoms with Crippen molar-refractivity contribution in [2.75, 3.05) is 25.1 Å². The number of amides is 1. The topological polar surface area (TPSA) is 32.8 Å². The molecule has 4 nitrogen and oxygen atoms in total. The molecule has 1 amide bonds. The number of thiophene rings is 1. The molecule has 0 atom stereocenters. The van der Waals surface area contributed by atoms with E-state index in [0.29, 0.717) is 5.56 Å². The number of hydrogen-bond acceptors (Lipinski definition) is 4. The Bertz CT molecular complexity index is 902. The van der Waals surface area contributed by atoms with Crippen LogP contribution in [0.15, 0.2) is 71.4 Å². The molecule has 0 saturated carbocycles. The van der Waals surface area contributed by atoms with E-state index in [1.807, 2.05) is 59.5 Å². The molecule has 5 heteroatoms. The van der Waals surface area contributed by atoms with E-state index in [0.717, 1.165) is 43.9 Å². The molecule has 0 aliphatic carbocycles. The van der Waals surface area contributed by atoms with Gasteiger partial charge in [0.15, 0.2) is 0 Å².